The number of likely N-dealkylation sites (N-methyl/N-ethyl adjacent to an activating group) is 1. The molecule has 0 saturated carbocycles. The molecule has 6 heteroatoms. The fraction of sp³-hybridized carbons (Fsp3) is 0.286. The zero-order valence-electron chi connectivity index (χ0n) is 16.1. The zero-order valence-corrected chi connectivity index (χ0v) is 16.9. The maximum Gasteiger partial charge on any atom is 0.227 e. The van der Waals surface area contributed by atoms with Crippen LogP contribution in [0.15, 0.2) is 42.7 Å². The van der Waals surface area contributed by atoms with Crippen LogP contribution in [0.25, 0.3) is 0 Å². The van der Waals surface area contributed by atoms with Gasteiger partial charge in [-0.2, -0.15) is 4.98 Å². The summed E-state index contributed by atoms with van der Waals surface area (Å²) in [5.74, 6) is 1.43. The van der Waals surface area contributed by atoms with Gasteiger partial charge in [-0.25, -0.2) is 4.98 Å². The SMILES string of the molecule is Cc1cc(C)c(Nc2cc(C)nc(N(C)CCc3ccncc3)n2)c(Cl)c1. The third-order valence-corrected chi connectivity index (χ3v) is 4.65. The highest BCUT2D eigenvalue weighted by Gasteiger charge is 2.11. The van der Waals surface area contributed by atoms with Crippen LogP contribution in [0.2, 0.25) is 5.02 Å². The molecule has 0 atom stereocenters. The molecule has 0 radical (unpaired) electrons. The highest BCUT2D eigenvalue weighted by Crippen LogP contribution is 2.30. The van der Waals surface area contributed by atoms with E-state index >= 15 is 0 Å². The molecule has 1 aromatic carbocycles. The van der Waals surface area contributed by atoms with E-state index in [-0.39, 0.29) is 0 Å². The lowest BCUT2D eigenvalue weighted by Gasteiger charge is -2.19. The second-order valence-corrected chi connectivity index (χ2v) is 7.19. The molecule has 2 aromatic heterocycles. The molecule has 0 spiro atoms. The van der Waals surface area contributed by atoms with Crippen molar-refractivity contribution < 1.29 is 0 Å². The van der Waals surface area contributed by atoms with Gasteiger partial charge < -0.3 is 10.2 Å². The summed E-state index contributed by atoms with van der Waals surface area (Å²) < 4.78 is 0. The Balaban J connectivity index is 1.78. The molecule has 2 heterocycles. The van der Waals surface area contributed by atoms with E-state index in [0.29, 0.717) is 11.0 Å². The molecular weight excluding hydrogens is 358 g/mol. The van der Waals surface area contributed by atoms with Crippen LogP contribution in [0.5, 0.6) is 0 Å². The van der Waals surface area contributed by atoms with E-state index in [1.54, 1.807) is 0 Å². The standard InChI is InChI=1S/C21H24ClN5/c1-14-11-15(2)20(18(22)12-14)25-19-13-16(3)24-21(26-19)27(4)10-7-17-5-8-23-9-6-17/h5-6,8-9,11-13H,7,10H2,1-4H3,(H,24,25,26). The van der Waals surface area contributed by atoms with Gasteiger partial charge in [0.2, 0.25) is 5.95 Å². The third kappa shape index (κ3) is 4.95. The lowest BCUT2D eigenvalue weighted by atomic mass is 10.1. The number of halogens is 1. The molecule has 140 valence electrons. The average molecular weight is 382 g/mol. The van der Waals surface area contributed by atoms with Crippen LogP contribution in [0.3, 0.4) is 0 Å². The molecule has 0 fully saturated rings. The van der Waals surface area contributed by atoms with Gasteiger partial charge in [0.15, 0.2) is 0 Å². The molecule has 0 saturated heterocycles. The smallest absolute Gasteiger partial charge is 0.227 e. The number of aromatic nitrogens is 3. The van der Waals surface area contributed by atoms with Crippen LogP contribution in [0, 0.1) is 20.8 Å². The highest BCUT2D eigenvalue weighted by molar-refractivity contribution is 6.33. The summed E-state index contributed by atoms with van der Waals surface area (Å²) in [5, 5.41) is 4.05. The maximum atomic E-state index is 6.42. The predicted molar refractivity (Wildman–Crippen MR) is 112 cm³/mol. The summed E-state index contributed by atoms with van der Waals surface area (Å²) in [4.78, 5) is 15.4. The minimum atomic E-state index is 0.687. The largest absolute Gasteiger partial charge is 0.343 e. The number of benzene rings is 1. The third-order valence-electron chi connectivity index (χ3n) is 4.35. The van der Waals surface area contributed by atoms with Crippen LogP contribution in [-0.2, 0) is 6.42 Å². The molecular formula is C21H24ClN5. The van der Waals surface area contributed by atoms with Crippen molar-refractivity contribution in [2.75, 3.05) is 23.8 Å². The van der Waals surface area contributed by atoms with Gasteiger partial charge in [-0.1, -0.05) is 17.7 Å². The van der Waals surface area contributed by atoms with Gasteiger partial charge in [-0.05, 0) is 62.1 Å². The molecule has 27 heavy (non-hydrogen) atoms. The fourth-order valence-corrected chi connectivity index (χ4v) is 3.30. The van der Waals surface area contributed by atoms with Crippen LogP contribution in [0.1, 0.15) is 22.4 Å². The molecule has 3 aromatic rings. The normalized spacial score (nSPS) is 10.7. The summed E-state index contributed by atoms with van der Waals surface area (Å²) in [6.07, 6.45) is 4.53. The Kier molecular flexibility index (Phi) is 5.91. The molecule has 0 aliphatic carbocycles. The topological polar surface area (TPSA) is 53.9 Å². The predicted octanol–water partition coefficient (Wildman–Crippen LogP) is 4.87. The van der Waals surface area contributed by atoms with Gasteiger partial charge in [0, 0.05) is 37.7 Å². The summed E-state index contributed by atoms with van der Waals surface area (Å²) >= 11 is 6.42. The highest BCUT2D eigenvalue weighted by atomic mass is 35.5. The van der Waals surface area contributed by atoms with Crippen molar-refractivity contribution in [3.8, 4) is 0 Å². The maximum absolute atomic E-state index is 6.42. The van der Waals surface area contributed by atoms with E-state index in [0.717, 1.165) is 41.3 Å². The van der Waals surface area contributed by atoms with Crippen molar-refractivity contribution in [2.45, 2.75) is 27.2 Å². The molecule has 0 bridgehead atoms. The van der Waals surface area contributed by atoms with E-state index < -0.39 is 0 Å². The average Bonchev–Trinajstić information content (AvgIpc) is 2.63. The van der Waals surface area contributed by atoms with Crippen molar-refractivity contribution >= 4 is 29.1 Å². The summed E-state index contributed by atoms with van der Waals surface area (Å²) in [6.45, 7) is 6.86. The Bertz CT molecular complexity index is 904. The van der Waals surface area contributed by atoms with Gasteiger partial charge in [-0.3, -0.25) is 4.98 Å². The van der Waals surface area contributed by atoms with Crippen molar-refractivity contribution in [2.24, 2.45) is 0 Å². The van der Waals surface area contributed by atoms with Crippen LogP contribution in [0.4, 0.5) is 17.5 Å². The minimum Gasteiger partial charge on any atom is -0.343 e. The minimum absolute atomic E-state index is 0.687. The lowest BCUT2D eigenvalue weighted by Crippen LogP contribution is -2.23. The quantitative estimate of drug-likeness (QED) is 0.659. The Morgan fingerprint density at radius 2 is 1.78 bits per heavy atom. The summed E-state index contributed by atoms with van der Waals surface area (Å²) in [7, 11) is 2.00. The molecule has 3 rings (SSSR count). The molecule has 0 aliphatic heterocycles. The zero-order chi connectivity index (χ0) is 19.4. The first-order chi connectivity index (χ1) is 12.9. The van der Waals surface area contributed by atoms with Crippen molar-refractivity contribution in [3.05, 3.63) is 70.1 Å². The number of anilines is 3. The van der Waals surface area contributed by atoms with E-state index in [4.69, 9.17) is 11.6 Å². The number of aryl methyl sites for hydroxylation is 3. The summed E-state index contributed by atoms with van der Waals surface area (Å²) in [6, 6.07) is 10.0. The van der Waals surface area contributed by atoms with Crippen molar-refractivity contribution in [3.63, 3.8) is 0 Å². The fourth-order valence-electron chi connectivity index (χ4n) is 2.94. The van der Waals surface area contributed by atoms with Crippen LogP contribution >= 0.6 is 11.6 Å². The first kappa shape index (κ1) is 19.1. The molecule has 0 aliphatic rings. The number of rotatable bonds is 6. The Labute approximate surface area is 165 Å². The Morgan fingerprint density at radius 1 is 1.04 bits per heavy atom. The monoisotopic (exact) mass is 381 g/mol. The van der Waals surface area contributed by atoms with Crippen molar-refractivity contribution in [1.29, 1.82) is 0 Å². The van der Waals surface area contributed by atoms with Gasteiger partial charge in [0.1, 0.15) is 5.82 Å². The second-order valence-electron chi connectivity index (χ2n) is 6.79. The second kappa shape index (κ2) is 8.35. The Morgan fingerprint density at radius 3 is 2.48 bits per heavy atom. The first-order valence-corrected chi connectivity index (χ1v) is 9.29. The van der Waals surface area contributed by atoms with E-state index in [9.17, 15) is 0 Å². The lowest BCUT2D eigenvalue weighted by molar-refractivity contribution is 0.833. The number of hydrogen-bond acceptors (Lipinski definition) is 5. The number of pyridine rings is 1. The van der Waals surface area contributed by atoms with Gasteiger partial charge >= 0.3 is 0 Å². The van der Waals surface area contributed by atoms with Crippen molar-refractivity contribution in [1.82, 2.24) is 15.0 Å². The van der Waals surface area contributed by atoms with Gasteiger partial charge in [0.05, 0.1) is 10.7 Å². The van der Waals surface area contributed by atoms with Crippen LogP contribution in [-0.4, -0.2) is 28.5 Å². The number of nitrogens with one attached hydrogen (secondary N) is 1. The molecule has 0 unspecified atom stereocenters. The molecule has 1 N–H and O–H groups in total. The number of nitrogens with zero attached hydrogens (tertiary/aromatic N) is 4. The van der Waals surface area contributed by atoms with Gasteiger partial charge in [0.25, 0.3) is 0 Å². The Hall–Kier alpha value is -2.66. The van der Waals surface area contributed by atoms with E-state index in [2.05, 4.69) is 31.2 Å². The van der Waals surface area contributed by atoms with Crippen LogP contribution < -0.4 is 10.2 Å². The number of hydrogen-bond donors (Lipinski definition) is 1. The molecule has 0 amide bonds. The molecule has 5 nitrogen and oxygen atoms in total. The van der Waals surface area contributed by atoms with Gasteiger partial charge in [-0.15, -0.1) is 0 Å². The first-order valence-electron chi connectivity index (χ1n) is 8.92. The summed E-state index contributed by atoms with van der Waals surface area (Å²) in [5.41, 5.74) is 5.25. The van der Waals surface area contributed by atoms with E-state index in [1.807, 2.05) is 64.5 Å². The van der Waals surface area contributed by atoms with E-state index in [1.165, 1.54) is 5.56 Å².